The summed E-state index contributed by atoms with van der Waals surface area (Å²) in [5, 5.41) is 19.3. The van der Waals surface area contributed by atoms with E-state index >= 15 is 0 Å². The molecule has 0 unspecified atom stereocenters. The van der Waals surface area contributed by atoms with Crippen LogP contribution in [0.5, 0.6) is 0 Å². The summed E-state index contributed by atoms with van der Waals surface area (Å²) in [5.41, 5.74) is 13.8. The first-order chi connectivity index (χ1) is 63.1. The molecule has 0 radical (unpaired) electrons. The highest BCUT2D eigenvalue weighted by molar-refractivity contribution is 5.83. The molecule has 0 saturated carbocycles. The van der Waals surface area contributed by atoms with E-state index in [4.69, 9.17) is 79.5 Å². The fraction of sp³-hybridized carbons (Fsp3) is 0.719. The third kappa shape index (κ3) is 33.5. The third-order valence-corrected chi connectivity index (χ3v) is 25.2. The first-order valence-corrected chi connectivity index (χ1v) is 48.3. The Bertz CT molecular complexity index is 4440. The quantitative estimate of drug-likeness (QED) is 0.0123. The van der Waals surface area contributed by atoms with E-state index in [1.165, 1.54) is 219 Å². The van der Waals surface area contributed by atoms with Gasteiger partial charge in [-0.1, -0.05) is 287 Å². The first kappa shape index (κ1) is 104. The number of unbranched alkanes of at least 4 members (excludes halogenated alkanes) is 15. The SMILES string of the molecule is C#C[C@@]12COC(=O)CCCCCCCCCCCCCCCCCCC(=O)O[C@H]1C[C@H](n1cnc3c(N)nc(F)nc31)O2.C#C[C@@]12COC(=O)CCCCCCCCCCCCCCCCCCC(=O)O[C@H]1C[C@H](n1cnc3c(N)nc(F)nc31)O2.C#C[C@]1(COC(=O)CCCCCCCCCCCCCCCCCCC(=O)O)O[C@@H](n2cnc3c(N)nc(F)nc32)C[C@@H]1O. The molecule has 8 N–H and O–H groups in total. The number of esters is 5. The van der Waals surface area contributed by atoms with Crippen molar-refractivity contribution in [3.05, 3.63) is 37.2 Å². The van der Waals surface area contributed by atoms with Crippen LogP contribution < -0.4 is 17.2 Å². The number of carboxylic acids is 1. The van der Waals surface area contributed by atoms with E-state index < -0.39 is 84.0 Å². The van der Waals surface area contributed by atoms with E-state index in [1.807, 2.05) is 0 Å². The lowest BCUT2D eigenvalue weighted by Crippen LogP contribution is -2.45. The van der Waals surface area contributed by atoms with Gasteiger partial charge in [-0.3, -0.25) is 42.5 Å². The number of carbonyl (C=O) groups excluding carboxylic acids is 5. The molecule has 31 nitrogen and oxygen atoms in total. The zero-order valence-electron chi connectivity index (χ0n) is 76.2. The predicted molar refractivity (Wildman–Crippen MR) is 484 cm³/mol. The maximum Gasteiger partial charge on any atom is 0.312 e. The number of aliphatic carboxylic acids is 1. The molecule has 11 heterocycles. The summed E-state index contributed by atoms with van der Waals surface area (Å²) < 4.78 is 93.0. The molecule has 716 valence electrons. The average Bonchev–Trinajstić information content (AvgIpc) is 1.62. The van der Waals surface area contributed by atoms with Crippen molar-refractivity contribution in [2.45, 2.75) is 420 Å². The molecule has 9 atom stereocenters. The molecular formula is C96H140F3N15O16. The van der Waals surface area contributed by atoms with Crippen LogP contribution in [0.25, 0.3) is 33.5 Å². The van der Waals surface area contributed by atoms with Gasteiger partial charge in [-0.2, -0.15) is 43.1 Å². The van der Waals surface area contributed by atoms with Crippen molar-refractivity contribution in [3.63, 3.8) is 0 Å². The van der Waals surface area contributed by atoms with Gasteiger partial charge in [0.15, 0.2) is 56.5 Å². The molecule has 130 heavy (non-hydrogen) atoms. The van der Waals surface area contributed by atoms with E-state index in [1.54, 1.807) is 0 Å². The van der Waals surface area contributed by atoms with Crippen LogP contribution in [0.1, 0.15) is 385 Å². The van der Waals surface area contributed by atoms with Gasteiger partial charge in [0.05, 0.1) is 19.0 Å². The molecule has 34 heteroatoms. The number of hydrogen-bond acceptors (Lipinski definition) is 27. The number of aromatic nitrogens is 12. The van der Waals surface area contributed by atoms with Gasteiger partial charge in [0, 0.05) is 57.8 Å². The molecule has 6 aromatic rings. The van der Waals surface area contributed by atoms with Crippen LogP contribution in [0.15, 0.2) is 19.0 Å². The number of rotatable bonds is 24. The van der Waals surface area contributed by atoms with E-state index in [-0.39, 0.29) is 146 Å². The van der Waals surface area contributed by atoms with Crippen molar-refractivity contribution in [2.24, 2.45) is 0 Å². The number of anilines is 3. The molecule has 5 aliphatic heterocycles. The maximum atomic E-state index is 14.0. The van der Waals surface area contributed by atoms with Gasteiger partial charge in [0.1, 0.15) is 56.8 Å². The summed E-state index contributed by atoms with van der Waals surface area (Å²) >= 11 is 0. The van der Waals surface area contributed by atoms with Crippen LogP contribution in [0, 0.1) is 55.3 Å². The molecule has 0 bridgehead atoms. The number of terminal acetylenes is 3. The van der Waals surface area contributed by atoms with Crippen molar-refractivity contribution < 1.29 is 90.0 Å². The number of halogens is 3. The van der Waals surface area contributed by atoms with Crippen LogP contribution in [0.4, 0.5) is 30.6 Å². The van der Waals surface area contributed by atoms with Crippen LogP contribution in [0.2, 0.25) is 0 Å². The lowest BCUT2D eigenvalue weighted by molar-refractivity contribution is -0.168. The summed E-state index contributed by atoms with van der Waals surface area (Å²) in [6, 6.07) is 0. The number of nitrogens with two attached hydrogens (primary N) is 3. The minimum absolute atomic E-state index is 0.0670. The van der Waals surface area contributed by atoms with Gasteiger partial charge in [0.2, 0.25) is 11.2 Å². The van der Waals surface area contributed by atoms with E-state index in [9.17, 15) is 47.0 Å². The molecule has 0 spiro atoms. The predicted octanol–water partition coefficient (Wildman–Crippen LogP) is 18.5. The average molecular weight is 1820 g/mol. The number of carbonyl (C=O) groups is 6. The van der Waals surface area contributed by atoms with Gasteiger partial charge in [-0.05, 0) is 38.5 Å². The summed E-state index contributed by atoms with van der Waals surface area (Å²) in [5.74, 6) is 4.69. The number of hydrogen-bond donors (Lipinski definition) is 5. The Labute approximate surface area is 762 Å². The number of carboxylic acid groups (broad SMARTS) is 1. The molecule has 6 aromatic heterocycles. The van der Waals surface area contributed by atoms with Crippen LogP contribution >= 0.6 is 0 Å². The number of cyclic esters (lactones) is 2. The van der Waals surface area contributed by atoms with Crippen molar-refractivity contribution in [3.8, 4) is 37.0 Å². The van der Waals surface area contributed by atoms with Crippen molar-refractivity contribution in [1.29, 1.82) is 0 Å². The lowest BCUT2D eigenvalue weighted by atomic mass is 9.98. The second kappa shape index (κ2) is 56.1. The van der Waals surface area contributed by atoms with Gasteiger partial charge in [-0.15, -0.1) is 19.3 Å². The van der Waals surface area contributed by atoms with Crippen LogP contribution in [-0.4, -0.2) is 160 Å². The number of ether oxygens (including phenoxy) is 8. The molecule has 0 aromatic carbocycles. The number of aliphatic hydroxyl groups excluding tert-OH is 1. The standard InChI is InChI=1S/C32H48FN5O6.2C32H46FN5O5/c1-2-32(24(39)21-25(44-32)38-23-35-28-29(34)36-31(33)37-30(28)38)22-43-27(42)20-18-16-14-12-10-8-6-4-3-5-7-9-11-13-15-17-19-26(40)41;2*1-2-32-22-41-26(39)19-17-15-13-11-9-7-5-3-4-6-8-10-12-14-16-18-20-27(40)42-24(32)21-25(43-32)38-23-35-28-29(34)36-31(33)37-30(28)38/h1,23-25,39H,3-22H2,(H,40,41)(H2,34,36,37);2*1,23-25H,3-22H2,(H2,34,36,37)/t3*24-,25+,32+/m000/s1. The summed E-state index contributed by atoms with van der Waals surface area (Å²) in [6.07, 6.45) is 69.9. The number of fused-ring (bicyclic) bond motifs is 5. The normalized spacial score (nSPS) is 24.4. The number of imidazole rings is 3. The number of nitrogens with zero attached hydrogens (tertiary/aromatic N) is 12. The van der Waals surface area contributed by atoms with E-state index in [0.29, 0.717) is 6.42 Å². The Morgan fingerprint density at radius 1 is 0.400 bits per heavy atom. The Morgan fingerprint density at radius 3 is 0.969 bits per heavy atom. The molecule has 11 rings (SSSR count). The Hall–Kier alpha value is -9.82. The van der Waals surface area contributed by atoms with Gasteiger partial charge in [0.25, 0.3) is 0 Å². The smallest absolute Gasteiger partial charge is 0.312 e. The highest BCUT2D eigenvalue weighted by Gasteiger charge is 2.55. The van der Waals surface area contributed by atoms with Crippen LogP contribution in [-0.2, 0) is 66.7 Å². The highest BCUT2D eigenvalue weighted by Crippen LogP contribution is 2.44. The zero-order valence-corrected chi connectivity index (χ0v) is 76.2. The fourth-order valence-corrected chi connectivity index (χ4v) is 17.5. The highest BCUT2D eigenvalue weighted by atomic mass is 19.1. The van der Waals surface area contributed by atoms with Crippen molar-refractivity contribution in [1.82, 2.24) is 58.6 Å². The van der Waals surface area contributed by atoms with Gasteiger partial charge < -0.3 is 65.3 Å². The molecule has 0 amide bonds. The lowest BCUT2D eigenvalue weighted by Gasteiger charge is -2.28. The zero-order chi connectivity index (χ0) is 92.8. The molecule has 5 saturated heterocycles. The van der Waals surface area contributed by atoms with Gasteiger partial charge >= 0.3 is 54.1 Å². The third-order valence-electron chi connectivity index (χ3n) is 25.2. The van der Waals surface area contributed by atoms with E-state index in [0.717, 1.165) is 122 Å². The van der Waals surface area contributed by atoms with E-state index in [2.05, 4.69) is 62.6 Å². The maximum absolute atomic E-state index is 14.0. The first-order valence-electron chi connectivity index (χ1n) is 48.3. The second-order valence-corrected chi connectivity index (χ2v) is 35.5. The summed E-state index contributed by atoms with van der Waals surface area (Å²) in [7, 11) is 0. The number of aliphatic hydroxyl groups is 1. The molecule has 5 fully saturated rings. The Balaban J connectivity index is 0.000000220. The molecular weight excluding hydrogens is 1680 g/mol. The topological polar surface area (TPSA) is 426 Å². The summed E-state index contributed by atoms with van der Waals surface area (Å²) in [4.78, 5) is 108. The fourth-order valence-electron chi connectivity index (χ4n) is 17.5. The minimum atomic E-state index is -1.54. The number of nitrogen functional groups attached to an aromatic ring is 3. The monoisotopic (exact) mass is 1820 g/mol. The van der Waals surface area contributed by atoms with Crippen molar-refractivity contribution >= 4 is 86.8 Å². The minimum Gasteiger partial charge on any atom is -0.481 e. The molecule has 5 aliphatic rings. The Morgan fingerprint density at radius 2 is 0.677 bits per heavy atom. The largest absolute Gasteiger partial charge is 0.481 e. The van der Waals surface area contributed by atoms with Gasteiger partial charge in [-0.25, -0.2) is 15.0 Å². The van der Waals surface area contributed by atoms with Crippen molar-refractivity contribution in [2.75, 3.05) is 37.0 Å². The van der Waals surface area contributed by atoms with Crippen LogP contribution in [0.3, 0.4) is 0 Å². The second-order valence-electron chi connectivity index (χ2n) is 35.5. The Kier molecular flexibility index (Phi) is 44.9. The molecule has 0 aliphatic carbocycles. The summed E-state index contributed by atoms with van der Waals surface area (Å²) in [6.45, 7) is -0.865.